The van der Waals surface area contributed by atoms with E-state index in [0.29, 0.717) is 35.2 Å². The van der Waals surface area contributed by atoms with Crippen LogP contribution < -0.4 is 14.2 Å². The summed E-state index contributed by atoms with van der Waals surface area (Å²) in [6.45, 7) is 1.29. The second-order valence-corrected chi connectivity index (χ2v) is 5.97. The van der Waals surface area contributed by atoms with Gasteiger partial charge < -0.3 is 19.1 Å². The molecular weight excluding hydrogens is 334 g/mol. The number of fused-ring (bicyclic) bond motifs is 1. The summed E-state index contributed by atoms with van der Waals surface area (Å²) >= 11 is 5.75. The van der Waals surface area contributed by atoms with Gasteiger partial charge in [-0.05, 0) is 18.2 Å². The van der Waals surface area contributed by atoms with Gasteiger partial charge in [-0.1, -0.05) is 11.6 Å². The van der Waals surface area contributed by atoms with Gasteiger partial charge in [0.2, 0.25) is 6.79 Å². The Kier molecular flexibility index (Phi) is 3.86. The Morgan fingerprint density at radius 3 is 2.88 bits per heavy atom. The van der Waals surface area contributed by atoms with Crippen LogP contribution in [0.3, 0.4) is 0 Å². The van der Waals surface area contributed by atoms with E-state index >= 15 is 0 Å². The van der Waals surface area contributed by atoms with Gasteiger partial charge in [-0.2, -0.15) is 0 Å². The van der Waals surface area contributed by atoms with Crippen molar-refractivity contribution in [3.63, 3.8) is 0 Å². The van der Waals surface area contributed by atoms with Gasteiger partial charge in [0, 0.05) is 18.5 Å². The van der Waals surface area contributed by atoms with E-state index in [9.17, 15) is 4.79 Å². The van der Waals surface area contributed by atoms with Crippen molar-refractivity contribution in [2.45, 2.75) is 12.5 Å². The molecule has 0 radical (unpaired) electrons. The molecule has 7 nitrogen and oxygen atoms in total. The lowest BCUT2D eigenvalue weighted by Crippen LogP contribution is -2.31. The molecular formula is C16H14ClN3O4. The number of nitrogens with zero attached hydrogens (tertiary/aromatic N) is 3. The lowest BCUT2D eigenvalue weighted by Gasteiger charge is -2.17. The van der Waals surface area contributed by atoms with Gasteiger partial charge in [-0.3, -0.25) is 4.79 Å². The molecule has 4 rings (SSSR count). The van der Waals surface area contributed by atoms with Crippen LogP contribution in [0.2, 0.25) is 5.02 Å². The van der Waals surface area contributed by atoms with Crippen LogP contribution in [-0.4, -0.2) is 46.8 Å². The summed E-state index contributed by atoms with van der Waals surface area (Å²) in [7, 11) is 0. The van der Waals surface area contributed by atoms with Gasteiger partial charge in [-0.15, -0.1) is 0 Å². The molecule has 0 saturated carbocycles. The summed E-state index contributed by atoms with van der Waals surface area (Å²) in [5.41, 5.74) is 0.572. The van der Waals surface area contributed by atoms with Crippen molar-refractivity contribution < 1.29 is 19.0 Å². The molecule has 2 aliphatic rings. The third-order valence-electron chi connectivity index (χ3n) is 3.92. The fourth-order valence-corrected chi connectivity index (χ4v) is 2.83. The average Bonchev–Trinajstić information content (AvgIpc) is 3.24. The van der Waals surface area contributed by atoms with E-state index in [2.05, 4.69) is 9.97 Å². The zero-order valence-corrected chi connectivity index (χ0v) is 13.4. The highest BCUT2D eigenvalue weighted by Gasteiger charge is 2.29. The van der Waals surface area contributed by atoms with Crippen molar-refractivity contribution in [1.82, 2.24) is 14.9 Å². The molecule has 0 bridgehead atoms. The standard InChI is InChI=1S/C16H14ClN3O4/c17-11-6-18-16(19-7-11)24-12-3-4-20(8-12)15(21)10-1-2-13-14(5-10)23-9-22-13/h1-2,5-7,12H,3-4,8-9H2/t12-/m1/s1. The quantitative estimate of drug-likeness (QED) is 0.847. The van der Waals surface area contributed by atoms with Crippen molar-refractivity contribution in [3.05, 3.63) is 41.2 Å². The Balaban J connectivity index is 1.41. The van der Waals surface area contributed by atoms with Crippen LogP contribution in [0.5, 0.6) is 17.5 Å². The fraction of sp³-hybridized carbons (Fsp3) is 0.312. The Labute approximate surface area is 143 Å². The minimum Gasteiger partial charge on any atom is -0.458 e. The highest BCUT2D eigenvalue weighted by atomic mass is 35.5. The second-order valence-electron chi connectivity index (χ2n) is 5.53. The van der Waals surface area contributed by atoms with Gasteiger partial charge in [-0.25, -0.2) is 9.97 Å². The Bertz CT molecular complexity index is 768. The topological polar surface area (TPSA) is 73.8 Å². The first-order valence-electron chi connectivity index (χ1n) is 7.52. The van der Waals surface area contributed by atoms with Crippen LogP contribution in [-0.2, 0) is 0 Å². The van der Waals surface area contributed by atoms with E-state index in [1.807, 2.05) is 0 Å². The summed E-state index contributed by atoms with van der Waals surface area (Å²) < 4.78 is 16.3. The number of carbonyl (C=O) groups is 1. The van der Waals surface area contributed by atoms with Crippen molar-refractivity contribution in [2.75, 3.05) is 19.9 Å². The van der Waals surface area contributed by atoms with Gasteiger partial charge in [0.25, 0.3) is 5.91 Å². The highest BCUT2D eigenvalue weighted by Crippen LogP contribution is 2.33. The highest BCUT2D eigenvalue weighted by molar-refractivity contribution is 6.30. The number of hydrogen-bond donors (Lipinski definition) is 0. The third-order valence-corrected chi connectivity index (χ3v) is 4.12. The number of aromatic nitrogens is 2. The average molecular weight is 348 g/mol. The maximum absolute atomic E-state index is 12.6. The van der Waals surface area contributed by atoms with E-state index in [0.717, 1.165) is 6.42 Å². The third kappa shape index (κ3) is 2.94. The van der Waals surface area contributed by atoms with E-state index < -0.39 is 0 Å². The lowest BCUT2D eigenvalue weighted by molar-refractivity contribution is 0.0769. The predicted molar refractivity (Wildman–Crippen MR) is 84.5 cm³/mol. The van der Waals surface area contributed by atoms with Crippen LogP contribution in [0.4, 0.5) is 0 Å². The normalized spacial score (nSPS) is 18.7. The maximum Gasteiger partial charge on any atom is 0.316 e. The summed E-state index contributed by atoms with van der Waals surface area (Å²) in [6, 6.07) is 5.47. The SMILES string of the molecule is O=C(c1ccc2c(c1)OCO2)N1CC[C@@H](Oc2ncc(Cl)cn2)C1. The first kappa shape index (κ1) is 15.0. The van der Waals surface area contributed by atoms with Crippen molar-refractivity contribution in [2.24, 2.45) is 0 Å². The predicted octanol–water partition coefficient (Wildman–Crippen LogP) is 2.15. The maximum atomic E-state index is 12.6. The number of likely N-dealkylation sites (tertiary alicyclic amines) is 1. The summed E-state index contributed by atoms with van der Waals surface area (Å²) in [4.78, 5) is 22.4. The van der Waals surface area contributed by atoms with Crippen LogP contribution in [0.15, 0.2) is 30.6 Å². The zero-order valence-electron chi connectivity index (χ0n) is 12.6. The van der Waals surface area contributed by atoms with Crippen LogP contribution in [0.1, 0.15) is 16.8 Å². The summed E-state index contributed by atoms with van der Waals surface area (Å²) in [5, 5.41) is 0.452. The molecule has 0 unspecified atom stereocenters. The van der Waals surface area contributed by atoms with E-state index in [4.69, 9.17) is 25.8 Å². The molecule has 0 aliphatic carbocycles. The van der Waals surface area contributed by atoms with Crippen LogP contribution in [0.25, 0.3) is 0 Å². The number of hydrogen-bond acceptors (Lipinski definition) is 6. The molecule has 1 fully saturated rings. The molecule has 24 heavy (non-hydrogen) atoms. The molecule has 3 heterocycles. The monoisotopic (exact) mass is 347 g/mol. The Morgan fingerprint density at radius 2 is 2.04 bits per heavy atom. The first-order chi connectivity index (χ1) is 11.7. The lowest BCUT2D eigenvalue weighted by atomic mass is 10.2. The van der Waals surface area contributed by atoms with Crippen LogP contribution >= 0.6 is 11.6 Å². The molecule has 1 aromatic carbocycles. The molecule has 1 aromatic heterocycles. The van der Waals surface area contributed by atoms with Crippen molar-refractivity contribution in [3.8, 4) is 17.5 Å². The minimum absolute atomic E-state index is 0.0589. The van der Waals surface area contributed by atoms with Crippen molar-refractivity contribution >= 4 is 17.5 Å². The van der Waals surface area contributed by atoms with E-state index in [-0.39, 0.29) is 24.8 Å². The molecule has 8 heteroatoms. The number of rotatable bonds is 3. The molecule has 0 N–H and O–H groups in total. The Hall–Kier alpha value is -2.54. The molecule has 2 aliphatic heterocycles. The van der Waals surface area contributed by atoms with Gasteiger partial charge in [0.1, 0.15) is 6.10 Å². The molecule has 0 spiro atoms. The van der Waals surface area contributed by atoms with Gasteiger partial charge in [0.05, 0.1) is 24.0 Å². The number of amides is 1. The molecule has 2 aromatic rings. The largest absolute Gasteiger partial charge is 0.458 e. The zero-order chi connectivity index (χ0) is 16.5. The van der Waals surface area contributed by atoms with Gasteiger partial charge in [0.15, 0.2) is 11.5 Å². The second kappa shape index (κ2) is 6.16. The smallest absolute Gasteiger partial charge is 0.316 e. The molecule has 1 amide bonds. The summed E-state index contributed by atoms with van der Waals surface area (Å²) in [5.74, 6) is 1.20. The van der Waals surface area contributed by atoms with Gasteiger partial charge >= 0.3 is 6.01 Å². The number of ether oxygens (including phenoxy) is 3. The van der Waals surface area contributed by atoms with E-state index in [1.54, 1.807) is 23.1 Å². The first-order valence-corrected chi connectivity index (χ1v) is 7.90. The minimum atomic E-state index is -0.135. The molecule has 124 valence electrons. The van der Waals surface area contributed by atoms with Crippen molar-refractivity contribution in [1.29, 1.82) is 0 Å². The Morgan fingerprint density at radius 1 is 1.25 bits per heavy atom. The number of halogens is 1. The summed E-state index contributed by atoms with van der Waals surface area (Å²) in [6.07, 6.45) is 3.55. The number of carbonyl (C=O) groups excluding carboxylic acids is 1. The molecule has 1 atom stereocenters. The van der Waals surface area contributed by atoms with E-state index in [1.165, 1.54) is 12.4 Å². The molecule has 1 saturated heterocycles. The van der Waals surface area contributed by atoms with Crippen LogP contribution in [0, 0.1) is 0 Å². The number of benzene rings is 1. The fourth-order valence-electron chi connectivity index (χ4n) is 2.73.